The van der Waals surface area contributed by atoms with Crippen molar-refractivity contribution in [2.75, 3.05) is 18.5 Å². The Labute approximate surface area is 166 Å². The lowest BCUT2D eigenvalue weighted by Gasteiger charge is -2.29. The quantitative estimate of drug-likeness (QED) is 0.713. The van der Waals surface area contributed by atoms with Crippen molar-refractivity contribution in [2.45, 2.75) is 83.0 Å². The molecule has 1 aromatic rings. The second kappa shape index (κ2) is 8.74. The van der Waals surface area contributed by atoms with Gasteiger partial charge in [0.2, 0.25) is 5.91 Å². The van der Waals surface area contributed by atoms with Gasteiger partial charge in [-0.1, -0.05) is 12.8 Å². The summed E-state index contributed by atoms with van der Waals surface area (Å²) in [6, 6.07) is -0.103. The maximum Gasteiger partial charge on any atom is 0.225 e. The highest BCUT2D eigenvalue weighted by Gasteiger charge is 2.33. The van der Waals surface area contributed by atoms with Gasteiger partial charge in [-0.3, -0.25) is 4.79 Å². The molecule has 0 spiro atoms. The summed E-state index contributed by atoms with van der Waals surface area (Å²) in [4.78, 5) is 21.8. The Morgan fingerprint density at radius 3 is 2.86 bits per heavy atom. The number of carbonyl (C=O) groups is 1. The number of fused-ring (bicyclic) bond motifs is 1. The molecule has 2 fully saturated rings. The van der Waals surface area contributed by atoms with Crippen LogP contribution in [-0.2, 0) is 22.4 Å². The van der Waals surface area contributed by atoms with Gasteiger partial charge < -0.3 is 20.5 Å². The van der Waals surface area contributed by atoms with Crippen LogP contribution in [0.1, 0.15) is 62.0 Å². The number of nitrogens with one attached hydrogen (secondary N) is 2. The zero-order chi connectivity index (χ0) is 19.5. The molecule has 2 heterocycles. The minimum Gasteiger partial charge on any atom is -0.391 e. The number of anilines is 1. The van der Waals surface area contributed by atoms with Crippen molar-refractivity contribution in [3.05, 3.63) is 17.1 Å². The van der Waals surface area contributed by atoms with Crippen molar-refractivity contribution in [3.63, 3.8) is 0 Å². The highest BCUT2D eigenvalue weighted by atomic mass is 16.5. The Balaban J connectivity index is 1.29. The average Bonchev–Trinajstić information content (AvgIpc) is 3.17. The van der Waals surface area contributed by atoms with Crippen molar-refractivity contribution in [1.29, 1.82) is 0 Å². The van der Waals surface area contributed by atoms with Crippen LogP contribution in [0.15, 0.2) is 0 Å². The van der Waals surface area contributed by atoms with Gasteiger partial charge in [-0.25, -0.2) is 9.97 Å². The van der Waals surface area contributed by atoms with Crippen molar-refractivity contribution >= 4 is 11.7 Å². The number of ether oxygens (including phenoxy) is 1. The van der Waals surface area contributed by atoms with Crippen LogP contribution in [0, 0.1) is 12.8 Å². The monoisotopic (exact) mass is 388 g/mol. The fourth-order valence-electron chi connectivity index (χ4n) is 4.69. The number of hydrogen-bond donors (Lipinski definition) is 3. The number of rotatable bonds is 5. The van der Waals surface area contributed by atoms with Gasteiger partial charge in [-0.05, 0) is 51.9 Å². The Morgan fingerprint density at radius 1 is 1.18 bits per heavy atom. The molecule has 0 unspecified atom stereocenters. The van der Waals surface area contributed by atoms with Crippen LogP contribution in [0.3, 0.4) is 0 Å². The van der Waals surface area contributed by atoms with Crippen LogP contribution in [0.4, 0.5) is 5.82 Å². The molecule has 3 aliphatic rings. The summed E-state index contributed by atoms with van der Waals surface area (Å²) in [6.07, 6.45) is 8.48. The van der Waals surface area contributed by atoms with E-state index in [0.717, 1.165) is 50.2 Å². The fourth-order valence-corrected chi connectivity index (χ4v) is 4.69. The van der Waals surface area contributed by atoms with Crippen LogP contribution in [0.25, 0.3) is 0 Å². The normalized spacial score (nSPS) is 29.9. The van der Waals surface area contributed by atoms with Gasteiger partial charge in [0, 0.05) is 17.8 Å². The molecular formula is C21H32N4O3. The van der Waals surface area contributed by atoms with Crippen LogP contribution in [0.2, 0.25) is 0 Å². The van der Waals surface area contributed by atoms with E-state index in [2.05, 4.69) is 20.6 Å². The molecule has 7 nitrogen and oxygen atoms in total. The minimum atomic E-state index is -0.412. The predicted octanol–water partition coefficient (Wildman–Crippen LogP) is 1.90. The van der Waals surface area contributed by atoms with Gasteiger partial charge in [-0.15, -0.1) is 0 Å². The second-order valence-corrected chi connectivity index (χ2v) is 8.49. The van der Waals surface area contributed by atoms with E-state index in [4.69, 9.17) is 4.74 Å². The smallest absolute Gasteiger partial charge is 0.225 e. The van der Waals surface area contributed by atoms with E-state index in [0.29, 0.717) is 19.6 Å². The fraction of sp³-hybridized carbons (Fsp3) is 0.762. The summed E-state index contributed by atoms with van der Waals surface area (Å²) in [5.41, 5.74) is 2.42. The van der Waals surface area contributed by atoms with Gasteiger partial charge in [0.05, 0.1) is 30.8 Å². The van der Waals surface area contributed by atoms with Crippen LogP contribution >= 0.6 is 0 Å². The van der Waals surface area contributed by atoms with Crippen molar-refractivity contribution < 1.29 is 14.6 Å². The SMILES string of the molecule is Cc1nc2c(c(NC[C@@H]3C[C@H](C(=O)N[C@H]4CCCC[C@@H]4O)CO3)n1)CCCC2. The first kappa shape index (κ1) is 19.6. The summed E-state index contributed by atoms with van der Waals surface area (Å²) in [6.45, 7) is 3.03. The Morgan fingerprint density at radius 2 is 2.00 bits per heavy atom. The minimum absolute atomic E-state index is 0.00143. The second-order valence-electron chi connectivity index (χ2n) is 8.49. The number of aromatic nitrogens is 2. The molecule has 3 N–H and O–H groups in total. The largest absolute Gasteiger partial charge is 0.391 e. The van der Waals surface area contributed by atoms with Crippen LogP contribution in [0.5, 0.6) is 0 Å². The third-order valence-electron chi connectivity index (χ3n) is 6.30. The lowest BCUT2D eigenvalue weighted by atomic mass is 9.92. The standard InChI is InChI=1S/C21H32N4O3/c1-13-23-17-7-3-2-6-16(17)20(24-13)22-11-15-10-14(12-28-15)21(27)25-18-8-4-5-9-19(18)26/h14-15,18-19,26H,2-12H2,1H3,(H,25,27)(H,22,23,24)/t14-,15-,18-,19-/m0/s1. The Bertz CT molecular complexity index is 711. The first-order chi connectivity index (χ1) is 13.6. The Hall–Kier alpha value is -1.73. The van der Waals surface area contributed by atoms with E-state index < -0.39 is 6.10 Å². The summed E-state index contributed by atoms with van der Waals surface area (Å²) < 4.78 is 5.87. The molecule has 1 aliphatic heterocycles. The first-order valence-electron chi connectivity index (χ1n) is 10.8. The van der Waals surface area contributed by atoms with E-state index >= 15 is 0 Å². The number of carbonyl (C=O) groups excluding carboxylic acids is 1. The van der Waals surface area contributed by atoms with Gasteiger partial charge >= 0.3 is 0 Å². The zero-order valence-corrected chi connectivity index (χ0v) is 16.7. The molecule has 0 bridgehead atoms. The lowest BCUT2D eigenvalue weighted by Crippen LogP contribution is -2.47. The molecule has 2 aliphatic carbocycles. The Kier molecular flexibility index (Phi) is 6.11. The molecule has 0 aromatic carbocycles. The number of hydrogen-bond acceptors (Lipinski definition) is 6. The van der Waals surface area contributed by atoms with Crippen LogP contribution in [-0.4, -0.2) is 52.4 Å². The zero-order valence-electron chi connectivity index (χ0n) is 16.7. The summed E-state index contributed by atoms with van der Waals surface area (Å²) in [5.74, 6) is 1.62. The molecule has 1 amide bonds. The van der Waals surface area contributed by atoms with E-state index in [1.807, 2.05) is 6.92 Å². The van der Waals surface area contributed by atoms with Gasteiger partial charge in [0.25, 0.3) is 0 Å². The van der Waals surface area contributed by atoms with Gasteiger partial charge in [-0.2, -0.15) is 0 Å². The van der Waals surface area contributed by atoms with E-state index in [9.17, 15) is 9.90 Å². The third kappa shape index (κ3) is 4.46. The molecule has 0 radical (unpaired) electrons. The molecule has 1 saturated heterocycles. The summed E-state index contributed by atoms with van der Waals surface area (Å²) >= 11 is 0. The van der Waals surface area contributed by atoms with Crippen molar-refractivity contribution in [2.24, 2.45) is 5.92 Å². The molecular weight excluding hydrogens is 356 g/mol. The van der Waals surface area contributed by atoms with E-state index in [-0.39, 0.29) is 24.0 Å². The molecule has 1 aromatic heterocycles. The predicted molar refractivity (Wildman–Crippen MR) is 106 cm³/mol. The topological polar surface area (TPSA) is 96.4 Å². The molecule has 4 rings (SSSR count). The van der Waals surface area contributed by atoms with Crippen LogP contribution < -0.4 is 10.6 Å². The molecule has 154 valence electrons. The highest BCUT2D eigenvalue weighted by molar-refractivity contribution is 5.79. The number of aryl methyl sites for hydroxylation is 2. The van der Waals surface area contributed by atoms with Crippen molar-refractivity contribution in [3.8, 4) is 0 Å². The first-order valence-corrected chi connectivity index (χ1v) is 10.8. The number of aliphatic hydroxyl groups excluding tert-OH is 1. The van der Waals surface area contributed by atoms with Gasteiger partial charge in [0.1, 0.15) is 11.6 Å². The average molecular weight is 389 g/mol. The van der Waals surface area contributed by atoms with E-state index in [1.54, 1.807) is 0 Å². The lowest BCUT2D eigenvalue weighted by molar-refractivity contribution is -0.126. The number of amides is 1. The van der Waals surface area contributed by atoms with E-state index in [1.165, 1.54) is 24.1 Å². The molecule has 1 saturated carbocycles. The molecule has 4 atom stereocenters. The summed E-state index contributed by atoms with van der Waals surface area (Å²) in [7, 11) is 0. The number of nitrogens with zero attached hydrogens (tertiary/aromatic N) is 2. The molecule has 7 heteroatoms. The number of aliphatic hydroxyl groups is 1. The van der Waals surface area contributed by atoms with Crippen molar-refractivity contribution in [1.82, 2.24) is 15.3 Å². The van der Waals surface area contributed by atoms with Gasteiger partial charge in [0.15, 0.2) is 0 Å². The third-order valence-corrected chi connectivity index (χ3v) is 6.30. The summed E-state index contributed by atoms with van der Waals surface area (Å²) in [5, 5.41) is 16.6. The maximum absolute atomic E-state index is 12.6. The highest BCUT2D eigenvalue weighted by Crippen LogP contribution is 2.27. The maximum atomic E-state index is 12.6. The molecule has 28 heavy (non-hydrogen) atoms.